The zero-order chi connectivity index (χ0) is 12.4. The number of ether oxygens (including phenoxy) is 1. The molecule has 2 atom stereocenters. The minimum Gasteiger partial charge on any atom is -0.416 e. The Morgan fingerprint density at radius 2 is 1.94 bits per heavy atom. The van der Waals surface area contributed by atoms with Gasteiger partial charge in [-0.25, -0.2) is 0 Å². The van der Waals surface area contributed by atoms with E-state index in [4.69, 9.17) is 13.6 Å². The average molecular weight is 258 g/mol. The molecule has 1 saturated heterocycles. The molecular weight excluding hydrogens is 236 g/mol. The number of hydrogen-bond acceptors (Lipinski definition) is 3. The van der Waals surface area contributed by atoms with Crippen molar-refractivity contribution in [2.75, 3.05) is 20.8 Å². The highest BCUT2D eigenvalue weighted by Gasteiger charge is 2.58. The first-order valence-electron chi connectivity index (χ1n) is 5.42. The van der Waals surface area contributed by atoms with Gasteiger partial charge in [0, 0.05) is 20.3 Å². The molecule has 2 unspecified atom stereocenters. The van der Waals surface area contributed by atoms with E-state index in [-0.39, 0.29) is 0 Å². The lowest BCUT2D eigenvalue weighted by molar-refractivity contribution is -0.00226. The number of rotatable bonds is 4. The summed E-state index contributed by atoms with van der Waals surface area (Å²) in [5.74, 6) is 0. The molecule has 0 aromatic carbocycles. The molecule has 0 N–H and O–H groups in total. The van der Waals surface area contributed by atoms with Crippen molar-refractivity contribution in [2.45, 2.75) is 24.7 Å². The highest BCUT2D eigenvalue weighted by atomic mass is 29.3. The van der Waals surface area contributed by atoms with Crippen LogP contribution in [0.2, 0.25) is 19.1 Å². The average Bonchev–Trinajstić information content (AvgIpc) is 2.30. The smallest absolute Gasteiger partial charge is 0.236 e. The first kappa shape index (κ1) is 13.9. The summed E-state index contributed by atoms with van der Waals surface area (Å²) in [6.07, 6.45) is 1.83. The maximum atomic E-state index is 6.07. The molecule has 0 aliphatic carbocycles. The second-order valence-corrected chi connectivity index (χ2v) is 17.2. The molecular formula is C11H22O3Si2. The Kier molecular flexibility index (Phi) is 3.97. The third-order valence-corrected chi connectivity index (χ3v) is 17.4. The molecule has 0 aromatic rings. The molecule has 0 aromatic heterocycles. The Hall–Kier alpha value is -0.206. The van der Waals surface area contributed by atoms with Crippen molar-refractivity contribution < 1.29 is 13.6 Å². The summed E-state index contributed by atoms with van der Waals surface area (Å²) in [5, 5.41) is 0. The van der Waals surface area contributed by atoms with Crippen LogP contribution in [0.4, 0.5) is 0 Å². The summed E-state index contributed by atoms with van der Waals surface area (Å²) in [6, 6.07) is 0.860. The Morgan fingerprint density at radius 3 is 2.31 bits per heavy atom. The van der Waals surface area contributed by atoms with Gasteiger partial charge in [-0.3, -0.25) is 0 Å². The van der Waals surface area contributed by atoms with E-state index in [9.17, 15) is 0 Å². The SMILES string of the molecule is C=CC1(OC)CO[Si](C)(C)[Si](C=C)(OC)C1. The van der Waals surface area contributed by atoms with Crippen LogP contribution in [0.3, 0.4) is 0 Å². The Labute approximate surface area is 100 Å². The zero-order valence-electron chi connectivity index (χ0n) is 10.7. The molecule has 1 rings (SSSR count). The van der Waals surface area contributed by atoms with Crippen LogP contribution in [-0.2, 0) is 13.6 Å². The van der Waals surface area contributed by atoms with E-state index in [2.05, 4.69) is 26.3 Å². The van der Waals surface area contributed by atoms with Crippen LogP contribution in [0.5, 0.6) is 0 Å². The van der Waals surface area contributed by atoms with Gasteiger partial charge < -0.3 is 13.6 Å². The molecule has 0 saturated carbocycles. The zero-order valence-corrected chi connectivity index (χ0v) is 12.7. The van der Waals surface area contributed by atoms with Crippen LogP contribution in [0.25, 0.3) is 0 Å². The van der Waals surface area contributed by atoms with E-state index in [0.29, 0.717) is 6.61 Å². The normalized spacial score (nSPS) is 38.0. The summed E-state index contributed by atoms with van der Waals surface area (Å²) in [4.78, 5) is 0. The van der Waals surface area contributed by atoms with Gasteiger partial charge in [0.15, 0.2) is 0 Å². The van der Waals surface area contributed by atoms with Crippen molar-refractivity contribution in [3.05, 3.63) is 24.9 Å². The van der Waals surface area contributed by atoms with Crippen molar-refractivity contribution >= 4 is 15.7 Å². The molecule has 5 heteroatoms. The first-order chi connectivity index (χ1) is 7.41. The lowest BCUT2D eigenvalue weighted by atomic mass is 10.1. The third kappa shape index (κ3) is 1.98. The van der Waals surface area contributed by atoms with Gasteiger partial charge in [0.2, 0.25) is 15.7 Å². The van der Waals surface area contributed by atoms with Gasteiger partial charge >= 0.3 is 0 Å². The van der Waals surface area contributed by atoms with Gasteiger partial charge in [0.05, 0.1) is 6.61 Å². The van der Waals surface area contributed by atoms with E-state index in [1.165, 1.54) is 0 Å². The summed E-state index contributed by atoms with van der Waals surface area (Å²) in [7, 11) is -0.410. The predicted molar refractivity (Wildman–Crippen MR) is 71.1 cm³/mol. The summed E-state index contributed by atoms with van der Waals surface area (Å²) < 4.78 is 17.5. The third-order valence-electron chi connectivity index (χ3n) is 3.73. The van der Waals surface area contributed by atoms with Crippen molar-refractivity contribution in [3.8, 4) is 0 Å². The van der Waals surface area contributed by atoms with Gasteiger partial charge in [-0.15, -0.1) is 13.2 Å². The minimum absolute atomic E-state index is 0.404. The molecule has 0 amide bonds. The summed E-state index contributed by atoms with van der Waals surface area (Å²) in [6.45, 7) is 12.8. The van der Waals surface area contributed by atoms with E-state index in [1.807, 2.05) is 11.8 Å². The van der Waals surface area contributed by atoms with Crippen LogP contribution in [0.1, 0.15) is 0 Å². The fraction of sp³-hybridized carbons (Fsp3) is 0.636. The maximum Gasteiger partial charge on any atom is 0.236 e. The molecule has 0 bridgehead atoms. The Morgan fingerprint density at radius 1 is 1.31 bits per heavy atom. The summed E-state index contributed by atoms with van der Waals surface area (Å²) in [5.41, 5.74) is 1.59. The predicted octanol–water partition coefficient (Wildman–Crippen LogP) is 2.19. The van der Waals surface area contributed by atoms with E-state index in [0.717, 1.165) is 6.04 Å². The number of hydrogen-bond donors (Lipinski definition) is 0. The first-order valence-corrected chi connectivity index (χ1v) is 11.5. The van der Waals surface area contributed by atoms with Gasteiger partial charge in [0.1, 0.15) is 5.60 Å². The van der Waals surface area contributed by atoms with Crippen molar-refractivity contribution in [1.82, 2.24) is 0 Å². The molecule has 1 fully saturated rings. The maximum absolute atomic E-state index is 6.07. The van der Waals surface area contributed by atoms with E-state index >= 15 is 0 Å². The standard InChI is InChI=1S/C11H22O3Si2/c1-7-11(12-3)9-14-15(5,6)16(8-2,10-11)13-4/h7-8H,1-2,9-10H2,3-6H3. The fourth-order valence-corrected chi connectivity index (χ4v) is 12.3. The van der Waals surface area contributed by atoms with Crippen LogP contribution >= 0.6 is 0 Å². The molecule has 0 radical (unpaired) electrons. The van der Waals surface area contributed by atoms with Gasteiger partial charge in [-0.2, -0.15) is 0 Å². The van der Waals surface area contributed by atoms with Crippen LogP contribution in [0, 0.1) is 0 Å². The molecule has 1 aliphatic heterocycles. The monoisotopic (exact) mass is 258 g/mol. The van der Waals surface area contributed by atoms with Crippen LogP contribution in [0.15, 0.2) is 24.9 Å². The molecule has 1 aliphatic rings. The van der Waals surface area contributed by atoms with Crippen molar-refractivity contribution in [2.24, 2.45) is 0 Å². The lowest BCUT2D eigenvalue weighted by Crippen LogP contribution is -2.69. The van der Waals surface area contributed by atoms with Crippen molar-refractivity contribution in [1.29, 1.82) is 0 Å². The van der Waals surface area contributed by atoms with Crippen LogP contribution in [-0.4, -0.2) is 42.1 Å². The second-order valence-electron chi connectivity index (χ2n) is 4.75. The highest BCUT2D eigenvalue weighted by Crippen LogP contribution is 2.39. The molecule has 0 spiro atoms. The summed E-state index contributed by atoms with van der Waals surface area (Å²) >= 11 is 0. The number of methoxy groups -OCH3 is 1. The lowest BCUT2D eigenvalue weighted by Gasteiger charge is -2.49. The molecule has 3 nitrogen and oxygen atoms in total. The second kappa shape index (κ2) is 4.58. The van der Waals surface area contributed by atoms with E-state index < -0.39 is 21.3 Å². The molecule has 1 heterocycles. The Balaban J connectivity index is 3.11. The van der Waals surface area contributed by atoms with Gasteiger partial charge in [-0.05, 0) is 13.1 Å². The highest BCUT2D eigenvalue weighted by molar-refractivity contribution is 7.38. The topological polar surface area (TPSA) is 27.7 Å². The van der Waals surface area contributed by atoms with Gasteiger partial charge in [0.25, 0.3) is 0 Å². The fourth-order valence-electron chi connectivity index (χ4n) is 2.20. The molecule has 16 heavy (non-hydrogen) atoms. The quantitative estimate of drug-likeness (QED) is 0.571. The minimum atomic E-state index is -2.05. The van der Waals surface area contributed by atoms with E-state index in [1.54, 1.807) is 14.2 Å². The van der Waals surface area contributed by atoms with Crippen LogP contribution < -0.4 is 0 Å². The van der Waals surface area contributed by atoms with Crippen molar-refractivity contribution in [3.63, 3.8) is 0 Å². The largest absolute Gasteiger partial charge is 0.416 e. The Bertz CT molecular complexity index is 293. The molecule has 92 valence electrons. The van der Waals surface area contributed by atoms with Gasteiger partial charge in [-0.1, -0.05) is 11.8 Å².